The number of amides is 1. The Morgan fingerprint density at radius 2 is 1.90 bits per heavy atom. The molecule has 0 saturated heterocycles. The van der Waals surface area contributed by atoms with E-state index < -0.39 is 17.9 Å². The Morgan fingerprint density at radius 3 is 2.59 bits per heavy atom. The fraction of sp³-hybridized carbons (Fsp3) is 0.0952. The van der Waals surface area contributed by atoms with Crippen molar-refractivity contribution in [3.05, 3.63) is 88.2 Å². The summed E-state index contributed by atoms with van der Waals surface area (Å²) in [5, 5.41) is 19.9. The van der Waals surface area contributed by atoms with Gasteiger partial charge in [-0.2, -0.15) is 5.10 Å². The molecule has 0 unspecified atom stereocenters. The SMILES string of the molecule is Cc1ccc(NC(=O)c2cnn3c2NC(C(=O)O)=C[C@H]3c2ccccc2Cl)cc1. The Bertz CT molecular complexity index is 1140. The molecule has 3 aromatic rings. The molecular weight excluding hydrogens is 392 g/mol. The molecule has 0 radical (unpaired) electrons. The lowest BCUT2D eigenvalue weighted by Gasteiger charge is -2.25. The molecule has 1 aliphatic heterocycles. The smallest absolute Gasteiger partial charge is 0.352 e. The zero-order chi connectivity index (χ0) is 20.5. The monoisotopic (exact) mass is 408 g/mol. The maximum absolute atomic E-state index is 12.8. The van der Waals surface area contributed by atoms with Crippen molar-refractivity contribution in [3.63, 3.8) is 0 Å². The number of anilines is 2. The van der Waals surface area contributed by atoms with Crippen LogP contribution in [0.2, 0.25) is 5.02 Å². The molecule has 0 bridgehead atoms. The molecule has 1 aromatic heterocycles. The van der Waals surface area contributed by atoms with Crippen molar-refractivity contribution >= 4 is 35.0 Å². The Hall–Kier alpha value is -3.58. The van der Waals surface area contributed by atoms with Gasteiger partial charge in [-0.3, -0.25) is 4.79 Å². The summed E-state index contributed by atoms with van der Waals surface area (Å²) >= 11 is 6.32. The van der Waals surface area contributed by atoms with Gasteiger partial charge in [0.2, 0.25) is 0 Å². The summed E-state index contributed by atoms with van der Waals surface area (Å²) in [5.74, 6) is -1.24. The number of fused-ring (bicyclic) bond motifs is 1. The number of aryl methyl sites for hydroxylation is 1. The van der Waals surface area contributed by atoms with Gasteiger partial charge in [0.05, 0.1) is 6.20 Å². The minimum absolute atomic E-state index is 0.0488. The number of carbonyl (C=O) groups is 2. The van der Waals surface area contributed by atoms with Crippen LogP contribution in [-0.4, -0.2) is 26.8 Å². The van der Waals surface area contributed by atoms with Crippen molar-refractivity contribution in [1.29, 1.82) is 0 Å². The number of carboxylic acids is 1. The van der Waals surface area contributed by atoms with E-state index in [4.69, 9.17) is 11.6 Å². The summed E-state index contributed by atoms with van der Waals surface area (Å²) in [6, 6.07) is 13.9. The minimum atomic E-state index is -1.14. The maximum atomic E-state index is 12.8. The zero-order valence-corrected chi connectivity index (χ0v) is 16.1. The number of hydrogen-bond acceptors (Lipinski definition) is 4. The van der Waals surface area contributed by atoms with E-state index in [-0.39, 0.29) is 11.3 Å². The van der Waals surface area contributed by atoms with E-state index in [0.29, 0.717) is 22.1 Å². The Balaban J connectivity index is 1.73. The van der Waals surface area contributed by atoms with Crippen LogP contribution < -0.4 is 10.6 Å². The standard InChI is InChI=1S/C21H17ClN4O3/c1-12-6-8-13(9-7-12)24-20(27)15-11-23-26-18(14-4-2-3-5-16(14)22)10-17(21(28)29)25-19(15)26/h2-11,18,25H,1H3,(H,24,27)(H,28,29)/t18-/m0/s1. The summed E-state index contributed by atoms with van der Waals surface area (Å²) in [6.45, 7) is 1.96. The lowest BCUT2D eigenvalue weighted by Crippen LogP contribution is -2.25. The minimum Gasteiger partial charge on any atom is -0.477 e. The third-order valence-corrected chi connectivity index (χ3v) is 4.99. The fourth-order valence-corrected chi connectivity index (χ4v) is 3.41. The van der Waals surface area contributed by atoms with Gasteiger partial charge in [0.15, 0.2) is 0 Å². The Morgan fingerprint density at radius 1 is 1.17 bits per heavy atom. The van der Waals surface area contributed by atoms with Crippen LogP contribution in [-0.2, 0) is 4.79 Å². The molecule has 0 fully saturated rings. The number of carboxylic acid groups (broad SMARTS) is 1. The van der Waals surface area contributed by atoms with Gasteiger partial charge < -0.3 is 15.7 Å². The van der Waals surface area contributed by atoms with E-state index in [1.54, 1.807) is 35.0 Å². The number of aliphatic carboxylic acids is 1. The molecule has 1 amide bonds. The van der Waals surface area contributed by atoms with Crippen molar-refractivity contribution < 1.29 is 14.7 Å². The summed E-state index contributed by atoms with van der Waals surface area (Å²) in [6.07, 6.45) is 2.93. The van der Waals surface area contributed by atoms with Crippen LogP contribution >= 0.6 is 11.6 Å². The van der Waals surface area contributed by atoms with Crippen LogP contribution in [0.5, 0.6) is 0 Å². The second-order valence-electron chi connectivity index (χ2n) is 6.65. The van der Waals surface area contributed by atoms with Crippen LogP contribution in [0.4, 0.5) is 11.5 Å². The van der Waals surface area contributed by atoms with E-state index >= 15 is 0 Å². The Labute approximate surface area is 171 Å². The number of nitrogens with zero attached hydrogens (tertiary/aromatic N) is 2. The van der Waals surface area contributed by atoms with Gasteiger partial charge in [0.25, 0.3) is 5.91 Å². The van der Waals surface area contributed by atoms with Gasteiger partial charge in [-0.05, 0) is 36.8 Å². The summed E-state index contributed by atoms with van der Waals surface area (Å²) in [4.78, 5) is 24.5. The highest BCUT2D eigenvalue weighted by Crippen LogP contribution is 2.35. The second-order valence-corrected chi connectivity index (χ2v) is 7.06. The number of carbonyl (C=O) groups excluding carboxylic acids is 1. The maximum Gasteiger partial charge on any atom is 0.352 e. The molecule has 2 aromatic carbocycles. The molecule has 2 heterocycles. The van der Waals surface area contributed by atoms with Gasteiger partial charge in [-0.15, -0.1) is 0 Å². The van der Waals surface area contributed by atoms with Gasteiger partial charge >= 0.3 is 5.97 Å². The van der Waals surface area contributed by atoms with Gasteiger partial charge in [-0.25, -0.2) is 9.48 Å². The topological polar surface area (TPSA) is 96.3 Å². The first-order valence-corrected chi connectivity index (χ1v) is 9.24. The van der Waals surface area contributed by atoms with E-state index in [9.17, 15) is 14.7 Å². The van der Waals surface area contributed by atoms with Crippen molar-refractivity contribution in [2.75, 3.05) is 10.6 Å². The molecule has 146 valence electrons. The van der Waals surface area contributed by atoms with E-state index in [1.165, 1.54) is 12.3 Å². The average molecular weight is 409 g/mol. The molecule has 7 nitrogen and oxygen atoms in total. The lowest BCUT2D eigenvalue weighted by atomic mass is 10.0. The normalized spacial score (nSPS) is 15.1. The predicted octanol–water partition coefficient (Wildman–Crippen LogP) is 4.08. The van der Waals surface area contributed by atoms with Crippen molar-refractivity contribution in [2.45, 2.75) is 13.0 Å². The quantitative estimate of drug-likeness (QED) is 0.604. The molecular formula is C21H17ClN4O3. The van der Waals surface area contributed by atoms with Crippen LogP contribution in [0.25, 0.3) is 0 Å². The first-order valence-electron chi connectivity index (χ1n) is 8.86. The number of hydrogen-bond donors (Lipinski definition) is 3. The second kappa shape index (κ2) is 7.44. The summed E-state index contributed by atoms with van der Waals surface area (Å²) in [7, 11) is 0. The number of allylic oxidation sites excluding steroid dienone is 1. The van der Waals surface area contributed by atoms with E-state index in [1.807, 2.05) is 25.1 Å². The zero-order valence-electron chi connectivity index (χ0n) is 15.4. The largest absolute Gasteiger partial charge is 0.477 e. The third kappa shape index (κ3) is 3.60. The van der Waals surface area contributed by atoms with Gasteiger partial charge in [0.1, 0.15) is 23.1 Å². The predicted molar refractivity (Wildman–Crippen MR) is 110 cm³/mol. The molecule has 0 spiro atoms. The molecule has 0 aliphatic carbocycles. The first kappa shape index (κ1) is 18.8. The average Bonchev–Trinajstić information content (AvgIpc) is 3.13. The van der Waals surface area contributed by atoms with Crippen molar-refractivity contribution in [1.82, 2.24) is 9.78 Å². The highest BCUT2D eigenvalue weighted by molar-refractivity contribution is 6.31. The van der Waals surface area contributed by atoms with Crippen molar-refractivity contribution in [2.24, 2.45) is 0 Å². The van der Waals surface area contributed by atoms with Crippen LogP contribution in [0.1, 0.15) is 27.5 Å². The Kier molecular flexibility index (Phi) is 4.82. The van der Waals surface area contributed by atoms with Crippen LogP contribution in [0.3, 0.4) is 0 Å². The van der Waals surface area contributed by atoms with E-state index in [0.717, 1.165) is 5.56 Å². The molecule has 0 saturated carbocycles. The molecule has 8 heteroatoms. The highest BCUT2D eigenvalue weighted by atomic mass is 35.5. The first-order chi connectivity index (χ1) is 13.9. The number of rotatable bonds is 4. The number of aromatic nitrogens is 2. The molecule has 29 heavy (non-hydrogen) atoms. The van der Waals surface area contributed by atoms with Crippen molar-refractivity contribution in [3.8, 4) is 0 Å². The molecule has 3 N–H and O–H groups in total. The summed E-state index contributed by atoms with van der Waals surface area (Å²) in [5.41, 5.74) is 2.57. The molecule has 4 rings (SSSR count). The van der Waals surface area contributed by atoms with Crippen LogP contribution in [0.15, 0.2) is 66.5 Å². The van der Waals surface area contributed by atoms with Gasteiger partial charge in [-0.1, -0.05) is 47.5 Å². The number of nitrogens with one attached hydrogen (secondary N) is 2. The molecule has 1 atom stereocenters. The molecule has 1 aliphatic rings. The number of benzene rings is 2. The summed E-state index contributed by atoms with van der Waals surface area (Å²) < 4.78 is 1.55. The highest BCUT2D eigenvalue weighted by Gasteiger charge is 2.30. The number of halogens is 1. The van der Waals surface area contributed by atoms with Gasteiger partial charge in [0, 0.05) is 10.7 Å². The van der Waals surface area contributed by atoms with E-state index in [2.05, 4.69) is 15.7 Å². The third-order valence-electron chi connectivity index (χ3n) is 4.64. The fourth-order valence-electron chi connectivity index (χ4n) is 3.16. The lowest BCUT2D eigenvalue weighted by molar-refractivity contribution is -0.132. The van der Waals surface area contributed by atoms with Crippen LogP contribution in [0, 0.1) is 6.92 Å².